The molecule has 0 spiro atoms. The molecule has 0 aliphatic carbocycles. The van der Waals surface area contributed by atoms with E-state index in [0.717, 1.165) is 5.56 Å². The zero-order valence-corrected chi connectivity index (χ0v) is 10.1. The van der Waals surface area contributed by atoms with Gasteiger partial charge in [-0.2, -0.15) is 5.26 Å². The molecule has 0 saturated carbocycles. The highest BCUT2D eigenvalue weighted by Gasteiger charge is 2.24. The van der Waals surface area contributed by atoms with Crippen molar-refractivity contribution in [1.29, 1.82) is 5.26 Å². The lowest BCUT2D eigenvalue weighted by molar-refractivity contribution is -0.143. The van der Waals surface area contributed by atoms with E-state index in [0.29, 0.717) is 5.56 Å². The van der Waals surface area contributed by atoms with Crippen LogP contribution in [0.5, 0.6) is 0 Å². The SMILES string of the molecule is N#Cc1ccc(CC(C[C@H](N)C(=O)O)C(=O)O)cc1. The molecule has 1 aromatic rings. The Kier molecular flexibility index (Phi) is 5.03. The highest BCUT2D eigenvalue weighted by molar-refractivity contribution is 5.76. The van der Waals surface area contributed by atoms with Gasteiger partial charge in [0.1, 0.15) is 6.04 Å². The number of carboxylic acids is 2. The number of rotatable bonds is 6. The monoisotopic (exact) mass is 262 g/mol. The molecule has 0 radical (unpaired) electrons. The zero-order chi connectivity index (χ0) is 14.4. The Morgan fingerprint density at radius 1 is 1.21 bits per heavy atom. The van der Waals surface area contributed by atoms with E-state index in [1.54, 1.807) is 24.3 Å². The summed E-state index contributed by atoms with van der Waals surface area (Å²) in [7, 11) is 0. The lowest BCUT2D eigenvalue weighted by atomic mass is 9.92. The molecule has 0 aliphatic heterocycles. The summed E-state index contributed by atoms with van der Waals surface area (Å²) in [6, 6.07) is 7.25. The first-order valence-corrected chi connectivity index (χ1v) is 5.64. The Labute approximate surface area is 110 Å². The molecule has 0 aliphatic rings. The van der Waals surface area contributed by atoms with Gasteiger partial charge in [-0.15, -0.1) is 0 Å². The molecule has 0 fully saturated rings. The fraction of sp³-hybridized carbons (Fsp3) is 0.308. The van der Waals surface area contributed by atoms with Crippen LogP contribution in [0.4, 0.5) is 0 Å². The van der Waals surface area contributed by atoms with Crippen LogP contribution in [-0.2, 0) is 16.0 Å². The van der Waals surface area contributed by atoms with Crippen molar-refractivity contribution >= 4 is 11.9 Å². The van der Waals surface area contributed by atoms with Crippen molar-refractivity contribution in [3.8, 4) is 6.07 Å². The summed E-state index contributed by atoms with van der Waals surface area (Å²) in [5, 5.41) is 26.4. The smallest absolute Gasteiger partial charge is 0.320 e. The number of nitriles is 1. The molecule has 4 N–H and O–H groups in total. The lowest BCUT2D eigenvalue weighted by Crippen LogP contribution is -2.35. The largest absolute Gasteiger partial charge is 0.481 e. The van der Waals surface area contributed by atoms with Crippen molar-refractivity contribution < 1.29 is 19.8 Å². The molecule has 2 atom stereocenters. The van der Waals surface area contributed by atoms with E-state index in [2.05, 4.69) is 0 Å². The maximum absolute atomic E-state index is 11.1. The summed E-state index contributed by atoms with van der Waals surface area (Å²) in [6.45, 7) is 0. The van der Waals surface area contributed by atoms with E-state index >= 15 is 0 Å². The Morgan fingerprint density at radius 3 is 2.21 bits per heavy atom. The third-order valence-corrected chi connectivity index (χ3v) is 2.77. The van der Waals surface area contributed by atoms with Crippen LogP contribution < -0.4 is 5.73 Å². The fourth-order valence-corrected chi connectivity index (χ4v) is 1.68. The van der Waals surface area contributed by atoms with Crippen LogP contribution in [0.2, 0.25) is 0 Å². The first-order chi connectivity index (χ1) is 8.93. The minimum atomic E-state index is -1.22. The molecule has 1 rings (SSSR count). The molecule has 0 amide bonds. The Morgan fingerprint density at radius 2 is 1.79 bits per heavy atom. The number of carbonyl (C=O) groups is 2. The molecular weight excluding hydrogens is 248 g/mol. The summed E-state index contributed by atoms with van der Waals surface area (Å²) >= 11 is 0. The van der Waals surface area contributed by atoms with Gasteiger partial charge >= 0.3 is 11.9 Å². The van der Waals surface area contributed by atoms with E-state index in [1.807, 2.05) is 6.07 Å². The zero-order valence-electron chi connectivity index (χ0n) is 10.1. The van der Waals surface area contributed by atoms with Gasteiger partial charge in [-0.05, 0) is 30.5 Å². The van der Waals surface area contributed by atoms with Crippen LogP contribution in [0.25, 0.3) is 0 Å². The highest BCUT2D eigenvalue weighted by atomic mass is 16.4. The predicted octanol–water partition coefficient (Wildman–Crippen LogP) is 0.604. The average molecular weight is 262 g/mol. The molecule has 6 heteroatoms. The van der Waals surface area contributed by atoms with E-state index in [1.165, 1.54) is 0 Å². The van der Waals surface area contributed by atoms with Crippen LogP contribution in [0.3, 0.4) is 0 Å². The van der Waals surface area contributed by atoms with Gasteiger partial charge < -0.3 is 15.9 Å². The summed E-state index contributed by atoms with van der Waals surface area (Å²) in [5.74, 6) is -3.16. The number of benzene rings is 1. The van der Waals surface area contributed by atoms with E-state index in [9.17, 15) is 9.59 Å². The number of carboxylic acid groups (broad SMARTS) is 2. The summed E-state index contributed by atoms with van der Waals surface area (Å²) < 4.78 is 0. The first-order valence-electron chi connectivity index (χ1n) is 5.64. The molecule has 1 unspecified atom stereocenters. The van der Waals surface area contributed by atoms with Gasteiger partial charge in [0.2, 0.25) is 0 Å². The molecule has 1 aromatic carbocycles. The van der Waals surface area contributed by atoms with Crippen LogP contribution >= 0.6 is 0 Å². The van der Waals surface area contributed by atoms with Crippen molar-refractivity contribution in [2.24, 2.45) is 11.7 Å². The summed E-state index contributed by atoms with van der Waals surface area (Å²) in [5.41, 5.74) is 6.56. The quantitative estimate of drug-likeness (QED) is 0.689. The number of nitrogens with two attached hydrogens (primary N) is 1. The van der Waals surface area contributed by atoms with Gasteiger partial charge in [-0.3, -0.25) is 9.59 Å². The third-order valence-electron chi connectivity index (χ3n) is 2.77. The fourth-order valence-electron chi connectivity index (χ4n) is 1.68. The normalized spacial score (nSPS) is 13.3. The Bertz CT molecular complexity index is 504. The second-order valence-electron chi connectivity index (χ2n) is 4.23. The highest BCUT2D eigenvalue weighted by Crippen LogP contribution is 2.15. The van der Waals surface area contributed by atoms with Gasteiger partial charge in [0.05, 0.1) is 17.6 Å². The van der Waals surface area contributed by atoms with E-state index in [-0.39, 0.29) is 12.8 Å². The molecule has 0 aromatic heterocycles. The van der Waals surface area contributed by atoms with E-state index in [4.69, 9.17) is 21.2 Å². The summed E-state index contributed by atoms with van der Waals surface area (Å²) in [6.07, 6.45) is 0.0483. The van der Waals surface area contributed by atoms with Gasteiger partial charge in [0, 0.05) is 0 Å². The van der Waals surface area contributed by atoms with Crippen LogP contribution in [-0.4, -0.2) is 28.2 Å². The molecule has 0 saturated heterocycles. The summed E-state index contributed by atoms with van der Waals surface area (Å²) in [4.78, 5) is 21.7. The molecular formula is C13H14N2O4. The Balaban J connectivity index is 2.75. The van der Waals surface area contributed by atoms with Crippen molar-refractivity contribution in [2.45, 2.75) is 18.9 Å². The van der Waals surface area contributed by atoms with Gasteiger partial charge in [-0.25, -0.2) is 0 Å². The van der Waals surface area contributed by atoms with Crippen LogP contribution in [0, 0.1) is 17.2 Å². The maximum Gasteiger partial charge on any atom is 0.320 e. The van der Waals surface area contributed by atoms with Crippen molar-refractivity contribution in [1.82, 2.24) is 0 Å². The molecule has 100 valence electrons. The lowest BCUT2D eigenvalue weighted by Gasteiger charge is -2.14. The van der Waals surface area contributed by atoms with Crippen molar-refractivity contribution in [3.05, 3.63) is 35.4 Å². The molecule has 19 heavy (non-hydrogen) atoms. The number of aliphatic carboxylic acids is 2. The minimum absolute atomic E-state index is 0.134. The minimum Gasteiger partial charge on any atom is -0.481 e. The Hall–Kier alpha value is -2.39. The van der Waals surface area contributed by atoms with Crippen LogP contribution in [0.1, 0.15) is 17.5 Å². The number of hydrogen-bond acceptors (Lipinski definition) is 4. The van der Waals surface area contributed by atoms with Gasteiger partial charge in [0.25, 0.3) is 0 Å². The van der Waals surface area contributed by atoms with Gasteiger partial charge in [0.15, 0.2) is 0 Å². The molecule has 6 nitrogen and oxygen atoms in total. The maximum atomic E-state index is 11.1. The van der Waals surface area contributed by atoms with Crippen molar-refractivity contribution in [2.75, 3.05) is 0 Å². The van der Waals surface area contributed by atoms with Crippen molar-refractivity contribution in [3.63, 3.8) is 0 Å². The van der Waals surface area contributed by atoms with E-state index < -0.39 is 23.9 Å². The van der Waals surface area contributed by atoms with Crippen LogP contribution in [0.15, 0.2) is 24.3 Å². The standard InChI is InChI=1S/C13H14N2O4/c14-7-9-3-1-8(2-4-9)5-10(12(16)17)6-11(15)13(18)19/h1-4,10-11H,5-6,15H2,(H,16,17)(H,18,19)/t10?,11-/m0/s1. The molecule has 0 heterocycles. The second-order valence-corrected chi connectivity index (χ2v) is 4.23. The number of nitrogens with zero attached hydrogens (tertiary/aromatic N) is 1. The van der Waals surface area contributed by atoms with Gasteiger partial charge in [-0.1, -0.05) is 12.1 Å². The number of hydrogen-bond donors (Lipinski definition) is 3. The molecule has 0 bridgehead atoms. The predicted molar refractivity (Wildman–Crippen MR) is 66.2 cm³/mol. The average Bonchev–Trinajstić information content (AvgIpc) is 2.38. The topological polar surface area (TPSA) is 124 Å². The third kappa shape index (κ3) is 4.41. The first kappa shape index (κ1) is 14.7. The second kappa shape index (κ2) is 6.52.